The lowest BCUT2D eigenvalue weighted by Crippen LogP contribution is -2.37. The standard InChI is InChI=1S/C19H25N3O4.ClH/c23-18(21-7-4-13-3-6-20-12-13)15-5-8-22(19(15)24)14-1-2-16-17(11-14)26-10-9-25-16;/h1-2,11,13,15,20H,3-10,12H2,(H,21,23);1H. The molecule has 148 valence electrons. The minimum absolute atomic E-state index is 0. The van der Waals surface area contributed by atoms with Crippen LogP contribution < -0.4 is 25.0 Å². The SMILES string of the molecule is Cl.O=C(NCCC1CCNC1)C1CCN(c2ccc3c(c2)OCCO3)C1=O. The number of benzene rings is 1. The minimum atomic E-state index is -0.593. The number of hydrogen-bond acceptors (Lipinski definition) is 5. The molecule has 0 aliphatic carbocycles. The van der Waals surface area contributed by atoms with E-state index in [1.54, 1.807) is 4.90 Å². The van der Waals surface area contributed by atoms with E-state index in [1.165, 1.54) is 0 Å². The van der Waals surface area contributed by atoms with Gasteiger partial charge < -0.3 is 25.0 Å². The highest BCUT2D eigenvalue weighted by Gasteiger charge is 2.37. The second kappa shape index (κ2) is 8.80. The summed E-state index contributed by atoms with van der Waals surface area (Å²) in [4.78, 5) is 26.8. The summed E-state index contributed by atoms with van der Waals surface area (Å²) in [6.45, 7) is 4.31. The van der Waals surface area contributed by atoms with Crippen molar-refractivity contribution < 1.29 is 19.1 Å². The van der Waals surface area contributed by atoms with Crippen LogP contribution in [0.15, 0.2) is 18.2 Å². The van der Waals surface area contributed by atoms with Crippen LogP contribution in [0.2, 0.25) is 0 Å². The zero-order valence-electron chi connectivity index (χ0n) is 15.2. The van der Waals surface area contributed by atoms with Crippen LogP contribution in [-0.2, 0) is 9.59 Å². The molecule has 7 nitrogen and oxygen atoms in total. The molecule has 8 heteroatoms. The van der Waals surface area contributed by atoms with E-state index < -0.39 is 5.92 Å². The van der Waals surface area contributed by atoms with Crippen molar-refractivity contribution in [2.75, 3.05) is 44.3 Å². The van der Waals surface area contributed by atoms with Crippen molar-refractivity contribution >= 4 is 29.9 Å². The molecule has 4 rings (SSSR count). The summed E-state index contributed by atoms with van der Waals surface area (Å²) in [5, 5.41) is 6.27. The molecule has 1 aromatic carbocycles. The molecule has 0 aromatic heterocycles. The Labute approximate surface area is 165 Å². The third-order valence-electron chi connectivity index (χ3n) is 5.37. The molecule has 2 amide bonds. The Balaban J connectivity index is 0.00000210. The number of anilines is 1. The fourth-order valence-electron chi connectivity index (χ4n) is 3.86. The fraction of sp³-hybridized carbons (Fsp3) is 0.579. The van der Waals surface area contributed by atoms with Gasteiger partial charge in [-0.25, -0.2) is 0 Å². The summed E-state index contributed by atoms with van der Waals surface area (Å²) in [6, 6.07) is 5.48. The van der Waals surface area contributed by atoms with Crippen molar-refractivity contribution in [3.8, 4) is 11.5 Å². The Morgan fingerprint density at radius 3 is 2.81 bits per heavy atom. The maximum atomic E-state index is 12.7. The van der Waals surface area contributed by atoms with Gasteiger partial charge in [0, 0.05) is 24.8 Å². The van der Waals surface area contributed by atoms with Gasteiger partial charge in [0.05, 0.1) is 0 Å². The third-order valence-corrected chi connectivity index (χ3v) is 5.37. The summed E-state index contributed by atoms with van der Waals surface area (Å²) in [7, 11) is 0. The molecule has 3 aliphatic heterocycles. The number of fused-ring (bicyclic) bond motifs is 1. The van der Waals surface area contributed by atoms with E-state index in [9.17, 15) is 9.59 Å². The number of nitrogens with one attached hydrogen (secondary N) is 2. The maximum Gasteiger partial charge on any atom is 0.239 e. The number of halogens is 1. The molecule has 2 unspecified atom stereocenters. The van der Waals surface area contributed by atoms with Crippen LogP contribution in [-0.4, -0.2) is 51.2 Å². The molecule has 0 bridgehead atoms. The summed E-state index contributed by atoms with van der Waals surface area (Å²) in [5.74, 6) is 1.10. The van der Waals surface area contributed by atoms with Gasteiger partial charge in [0.25, 0.3) is 0 Å². The van der Waals surface area contributed by atoms with Crippen LogP contribution in [0.5, 0.6) is 11.5 Å². The smallest absolute Gasteiger partial charge is 0.239 e. The van der Waals surface area contributed by atoms with E-state index in [0.717, 1.165) is 31.6 Å². The number of ether oxygens (including phenoxy) is 2. The predicted molar refractivity (Wildman–Crippen MR) is 104 cm³/mol. The lowest BCUT2D eigenvalue weighted by Gasteiger charge is -2.22. The highest BCUT2D eigenvalue weighted by atomic mass is 35.5. The molecule has 2 saturated heterocycles. The van der Waals surface area contributed by atoms with E-state index in [4.69, 9.17) is 9.47 Å². The zero-order chi connectivity index (χ0) is 17.9. The van der Waals surface area contributed by atoms with Crippen LogP contribution >= 0.6 is 12.4 Å². The van der Waals surface area contributed by atoms with Crippen molar-refractivity contribution in [2.45, 2.75) is 19.3 Å². The summed E-state index contributed by atoms with van der Waals surface area (Å²) in [5.41, 5.74) is 0.756. The van der Waals surface area contributed by atoms with Crippen molar-refractivity contribution in [3.63, 3.8) is 0 Å². The van der Waals surface area contributed by atoms with Crippen molar-refractivity contribution in [3.05, 3.63) is 18.2 Å². The van der Waals surface area contributed by atoms with Gasteiger partial charge in [0.1, 0.15) is 19.1 Å². The number of carbonyl (C=O) groups excluding carboxylic acids is 2. The molecule has 2 atom stereocenters. The van der Waals surface area contributed by atoms with E-state index in [1.807, 2.05) is 18.2 Å². The van der Waals surface area contributed by atoms with Gasteiger partial charge >= 0.3 is 0 Å². The fourth-order valence-corrected chi connectivity index (χ4v) is 3.86. The van der Waals surface area contributed by atoms with Crippen LogP contribution in [0.3, 0.4) is 0 Å². The molecular weight excluding hydrogens is 370 g/mol. The summed E-state index contributed by atoms with van der Waals surface area (Å²) >= 11 is 0. The van der Waals surface area contributed by atoms with Gasteiger partial charge in [-0.3, -0.25) is 9.59 Å². The largest absolute Gasteiger partial charge is 0.486 e. The molecule has 2 N–H and O–H groups in total. The number of hydrogen-bond donors (Lipinski definition) is 2. The number of carbonyl (C=O) groups is 2. The lowest BCUT2D eigenvalue weighted by atomic mass is 10.0. The molecular formula is C19H26ClN3O4. The number of nitrogens with zero attached hydrogens (tertiary/aromatic N) is 1. The van der Waals surface area contributed by atoms with Gasteiger partial charge in [0.2, 0.25) is 11.8 Å². The van der Waals surface area contributed by atoms with Crippen molar-refractivity contribution in [1.82, 2.24) is 10.6 Å². The quantitative estimate of drug-likeness (QED) is 0.736. The second-order valence-corrected chi connectivity index (χ2v) is 7.10. The predicted octanol–water partition coefficient (Wildman–Crippen LogP) is 1.35. The maximum absolute atomic E-state index is 12.7. The topological polar surface area (TPSA) is 79.9 Å². The molecule has 0 saturated carbocycles. The molecule has 1 aromatic rings. The van der Waals surface area contributed by atoms with Gasteiger partial charge in [-0.05, 0) is 50.4 Å². The first-order chi connectivity index (χ1) is 12.7. The average molecular weight is 396 g/mol. The van der Waals surface area contributed by atoms with Gasteiger partial charge in [0.15, 0.2) is 11.5 Å². The Hall–Kier alpha value is -1.99. The van der Waals surface area contributed by atoms with E-state index >= 15 is 0 Å². The molecule has 3 aliphatic rings. The zero-order valence-corrected chi connectivity index (χ0v) is 16.1. The van der Waals surface area contributed by atoms with Gasteiger partial charge in [-0.15, -0.1) is 12.4 Å². The van der Waals surface area contributed by atoms with Crippen LogP contribution in [0, 0.1) is 11.8 Å². The van der Waals surface area contributed by atoms with Crippen molar-refractivity contribution in [2.24, 2.45) is 11.8 Å². The van der Waals surface area contributed by atoms with Gasteiger partial charge in [-0.1, -0.05) is 0 Å². The minimum Gasteiger partial charge on any atom is -0.486 e. The summed E-state index contributed by atoms with van der Waals surface area (Å²) in [6.07, 6.45) is 2.67. The Kier molecular flexibility index (Phi) is 6.44. The highest BCUT2D eigenvalue weighted by molar-refractivity contribution is 6.09. The Bertz CT molecular complexity index is 694. The van der Waals surface area contributed by atoms with Crippen LogP contribution in [0.1, 0.15) is 19.3 Å². The normalized spacial score (nSPS) is 23.9. The molecule has 0 spiro atoms. The molecule has 27 heavy (non-hydrogen) atoms. The number of amides is 2. The Morgan fingerprint density at radius 2 is 2.04 bits per heavy atom. The third kappa shape index (κ3) is 4.30. The molecule has 2 fully saturated rings. The van der Waals surface area contributed by atoms with Crippen LogP contribution in [0.4, 0.5) is 5.69 Å². The van der Waals surface area contributed by atoms with Crippen LogP contribution in [0.25, 0.3) is 0 Å². The molecule has 0 radical (unpaired) electrons. The molecule has 3 heterocycles. The lowest BCUT2D eigenvalue weighted by molar-refractivity contribution is -0.132. The first-order valence-electron chi connectivity index (χ1n) is 9.42. The van der Waals surface area contributed by atoms with E-state index in [0.29, 0.717) is 50.1 Å². The van der Waals surface area contributed by atoms with E-state index in [-0.39, 0.29) is 24.2 Å². The van der Waals surface area contributed by atoms with E-state index in [2.05, 4.69) is 10.6 Å². The average Bonchev–Trinajstić information content (AvgIpc) is 3.31. The summed E-state index contributed by atoms with van der Waals surface area (Å²) < 4.78 is 11.1. The first-order valence-corrected chi connectivity index (χ1v) is 9.42. The number of rotatable bonds is 5. The van der Waals surface area contributed by atoms with Crippen molar-refractivity contribution in [1.29, 1.82) is 0 Å². The second-order valence-electron chi connectivity index (χ2n) is 7.10. The Morgan fingerprint density at radius 1 is 1.22 bits per heavy atom. The van der Waals surface area contributed by atoms with Gasteiger partial charge in [-0.2, -0.15) is 0 Å². The highest BCUT2D eigenvalue weighted by Crippen LogP contribution is 2.36. The monoisotopic (exact) mass is 395 g/mol. The first kappa shape index (κ1) is 19.8.